The number of nitrogens with zero attached hydrogens (tertiary/aromatic N) is 3. The van der Waals surface area contributed by atoms with Gasteiger partial charge in [-0.15, -0.1) is 10.2 Å². The standard InChI is InChI=1S/C13H24N4S/c1-13(2,3)14-8-10-18-12-16-15-11-7-5-4-6-9-17(11)12/h14H,4-10H2,1-3H3. The summed E-state index contributed by atoms with van der Waals surface area (Å²) in [5.74, 6) is 2.23. The molecule has 0 aliphatic carbocycles. The van der Waals surface area contributed by atoms with Crippen LogP contribution >= 0.6 is 11.8 Å². The van der Waals surface area contributed by atoms with Gasteiger partial charge in [-0.3, -0.25) is 0 Å². The first-order chi connectivity index (χ1) is 8.56. The van der Waals surface area contributed by atoms with Crippen LogP contribution in [-0.4, -0.2) is 32.6 Å². The lowest BCUT2D eigenvalue weighted by Crippen LogP contribution is -2.37. The van der Waals surface area contributed by atoms with E-state index in [9.17, 15) is 0 Å². The average Bonchev–Trinajstić information content (AvgIpc) is 2.53. The zero-order chi connectivity index (χ0) is 13.0. The van der Waals surface area contributed by atoms with E-state index < -0.39 is 0 Å². The fourth-order valence-corrected chi connectivity index (χ4v) is 2.97. The van der Waals surface area contributed by atoms with E-state index in [1.807, 2.05) is 11.8 Å². The lowest BCUT2D eigenvalue weighted by molar-refractivity contribution is 0.441. The number of nitrogens with one attached hydrogen (secondary N) is 1. The van der Waals surface area contributed by atoms with E-state index in [4.69, 9.17) is 0 Å². The van der Waals surface area contributed by atoms with Crippen molar-refractivity contribution in [2.24, 2.45) is 0 Å². The number of hydrogen-bond acceptors (Lipinski definition) is 4. The summed E-state index contributed by atoms with van der Waals surface area (Å²) in [6.45, 7) is 8.69. The van der Waals surface area contributed by atoms with Crippen molar-refractivity contribution in [1.82, 2.24) is 20.1 Å². The topological polar surface area (TPSA) is 42.7 Å². The van der Waals surface area contributed by atoms with Crippen molar-refractivity contribution < 1.29 is 0 Å². The minimum Gasteiger partial charge on any atom is -0.311 e. The highest BCUT2D eigenvalue weighted by atomic mass is 32.2. The zero-order valence-corrected chi connectivity index (χ0v) is 12.5. The van der Waals surface area contributed by atoms with Gasteiger partial charge in [0, 0.05) is 30.8 Å². The molecule has 1 aliphatic rings. The first kappa shape index (κ1) is 13.9. The summed E-state index contributed by atoms with van der Waals surface area (Å²) in [5.41, 5.74) is 0.197. The highest BCUT2D eigenvalue weighted by molar-refractivity contribution is 7.99. The number of aryl methyl sites for hydroxylation is 1. The van der Waals surface area contributed by atoms with Crippen molar-refractivity contribution in [3.8, 4) is 0 Å². The molecule has 0 fully saturated rings. The fourth-order valence-electron chi connectivity index (χ4n) is 2.13. The Labute approximate surface area is 114 Å². The van der Waals surface area contributed by atoms with Gasteiger partial charge in [-0.2, -0.15) is 0 Å². The first-order valence-corrected chi connectivity index (χ1v) is 7.85. The van der Waals surface area contributed by atoms with Gasteiger partial charge in [-0.05, 0) is 33.6 Å². The Balaban J connectivity index is 1.85. The Morgan fingerprint density at radius 3 is 2.83 bits per heavy atom. The van der Waals surface area contributed by atoms with Gasteiger partial charge in [0.15, 0.2) is 5.16 Å². The summed E-state index contributed by atoms with van der Waals surface area (Å²) >= 11 is 1.82. The van der Waals surface area contributed by atoms with Crippen LogP contribution in [0.2, 0.25) is 0 Å². The molecule has 0 bridgehead atoms. The lowest BCUT2D eigenvalue weighted by Gasteiger charge is -2.20. The SMILES string of the molecule is CC(C)(C)NCCSc1nnc2n1CCCCC2. The number of aromatic nitrogens is 3. The largest absolute Gasteiger partial charge is 0.311 e. The van der Waals surface area contributed by atoms with Crippen molar-refractivity contribution in [1.29, 1.82) is 0 Å². The highest BCUT2D eigenvalue weighted by Crippen LogP contribution is 2.21. The van der Waals surface area contributed by atoms with Crippen LogP contribution in [0.3, 0.4) is 0 Å². The third-order valence-corrected chi connectivity index (χ3v) is 4.03. The molecular formula is C13H24N4S. The molecule has 0 radical (unpaired) electrons. The van der Waals surface area contributed by atoms with Gasteiger partial charge in [0.2, 0.25) is 0 Å². The maximum atomic E-state index is 4.32. The quantitative estimate of drug-likeness (QED) is 0.673. The predicted octanol–water partition coefficient (Wildman–Crippen LogP) is 2.48. The minimum absolute atomic E-state index is 0.197. The second kappa shape index (κ2) is 6.06. The number of thioether (sulfide) groups is 1. The summed E-state index contributed by atoms with van der Waals surface area (Å²) in [6.07, 6.45) is 4.93. The van der Waals surface area contributed by atoms with Crippen LogP contribution in [0.25, 0.3) is 0 Å². The Bertz CT molecular complexity index is 381. The van der Waals surface area contributed by atoms with E-state index in [1.54, 1.807) is 0 Å². The van der Waals surface area contributed by atoms with Gasteiger partial charge >= 0.3 is 0 Å². The molecular weight excluding hydrogens is 244 g/mol. The Kier molecular flexibility index (Phi) is 4.67. The third kappa shape index (κ3) is 3.99. The van der Waals surface area contributed by atoms with Crippen molar-refractivity contribution in [2.75, 3.05) is 12.3 Å². The minimum atomic E-state index is 0.197. The van der Waals surface area contributed by atoms with E-state index in [0.29, 0.717) is 0 Å². The average molecular weight is 268 g/mol. The molecule has 102 valence electrons. The second-order valence-corrected chi connectivity index (χ2v) is 6.95. The van der Waals surface area contributed by atoms with Gasteiger partial charge in [0.1, 0.15) is 5.82 Å². The van der Waals surface area contributed by atoms with Gasteiger partial charge < -0.3 is 9.88 Å². The van der Waals surface area contributed by atoms with Crippen LogP contribution in [0.4, 0.5) is 0 Å². The highest BCUT2D eigenvalue weighted by Gasteiger charge is 2.15. The maximum absolute atomic E-state index is 4.32. The van der Waals surface area contributed by atoms with Crippen molar-refractivity contribution >= 4 is 11.8 Å². The summed E-state index contributed by atoms with van der Waals surface area (Å²) < 4.78 is 2.31. The van der Waals surface area contributed by atoms with Crippen LogP contribution in [0, 0.1) is 0 Å². The van der Waals surface area contributed by atoms with Crippen molar-refractivity contribution in [2.45, 2.75) is 63.7 Å². The molecule has 1 aromatic rings. The van der Waals surface area contributed by atoms with Gasteiger partial charge in [0.05, 0.1) is 0 Å². The fraction of sp³-hybridized carbons (Fsp3) is 0.846. The van der Waals surface area contributed by atoms with E-state index in [1.165, 1.54) is 25.1 Å². The predicted molar refractivity (Wildman–Crippen MR) is 76.1 cm³/mol. The molecule has 5 heteroatoms. The number of fused-ring (bicyclic) bond motifs is 1. The molecule has 2 heterocycles. The van der Waals surface area contributed by atoms with Gasteiger partial charge in [-0.25, -0.2) is 0 Å². The van der Waals surface area contributed by atoms with E-state index in [2.05, 4.69) is 40.9 Å². The molecule has 0 aromatic carbocycles. The Hall–Kier alpha value is -0.550. The second-order valence-electron chi connectivity index (χ2n) is 5.89. The van der Waals surface area contributed by atoms with E-state index >= 15 is 0 Å². The van der Waals surface area contributed by atoms with Crippen LogP contribution in [-0.2, 0) is 13.0 Å². The molecule has 4 nitrogen and oxygen atoms in total. The molecule has 2 rings (SSSR count). The third-order valence-electron chi connectivity index (χ3n) is 3.06. The number of hydrogen-bond donors (Lipinski definition) is 1. The van der Waals surface area contributed by atoms with Crippen LogP contribution < -0.4 is 5.32 Å². The molecule has 0 spiro atoms. The van der Waals surface area contributed by atoms with Gasteiger partial charge in [0.25, 0.3) is 0 Å². The molecule has 0 amide bonds. The molecule has 1 aliphatic heterocycles. The van der Waals surface area contributed by atoms with Gasteiger partial charge in [-0.1, -0.05) is 18.2 Å². The van der Waals surface area contributed by atoms with Crippen molar-refractivity contribution in [3.63, 3.8) is 0 Å². The molecule has 1 aromatic heterocycles. The van der Waals surface area contributed by atoms with E-state index in [-0.39, 0.29) is 5.54 Å². The molecule has 0 saturated heterocycles. The monoisotopic (exact) mass is 268 g/mol. The smallest absolute Gasteiger partial charge is 0.191 e. The van der Waals surface area contributed by atoms with Crippen LogP contribution in [0.1, 0.15) is 45.9 Å². The van der Waals surface area contributed by atoms with Crippen LogP contribution in [0.15, 0.2) is 5.16 Å². The summed E-state index contributed by atoms with van der Waals surface area (Å²) in [5, 5.41) is 13.2. The Morgan fingerprint density at radius 2 is 2.06 bits per heavy atom. The lowest BCUT2D eigenvalue weighted by atomic mass is 10.1. The van der Waals surface area contributed by atoms with E-state index in [0.717, 1.165) is 30.4 Å². The molecule has 0 unspecified atom stereocenters. The Morgan fingerprint density at radius 1 is 1.22 bits per heavy atom. The molecule has 1 N–H and O–H groups in total. The maximum Gasteiger partial charge on any atom is 0.191 e. The zero-order valence-electron chi connectivity index (χ0n) is 11.7. The normalized spacial score (nSPS) is 16.4. The summed E-state index contributed by atoms with van der Waals surface area (Å²) in [6, 6.07) is 0. The van der Waals surface area contributed by atoms with Crippen molar-refractivity contribution in [3.05, 3.63) is 5.82 Å². The summed E-state index contributed by atoms with van der Waals surface area (Å²) in [7, 11) is 0. The number of rotatable bonds is 4. The summed E-state index contributed by atoms with van der Waals surface area (Å²) in [4.78, 5) is 0. The molecule has 0 saturated carbocycles. The molecule has 18 heavy (non-hydrogen) atoms. The molecule has 0 atom stereocenters. The van der Waals surface area contributed by atoms with Crippen LogP contribution in [0.5, 0.6) is 0 Å². The first-order valence-electron chi connectivity index (χ1n) is 6.86.